The summed E-state index contributed by atoms with van der Waals surface area (Å²) in [6, 6.07) is 13.9. The highest BCUT2D eigenvalue weighted by molar-refractivity contribution is 5.92. The lowest BCUT2D eigenvalue weighted by molar-refractivity contribution is -0.149. The van der Waals surface area contributed by atoms with Crippen molar-refractivity contribution in [1.29, 1.82) is 0 Å². The van der Waals surface area contributed by atoms with Crippen molar-refractivity contribution in [3.05, 3.63) is 92.5 Å². The fourth-order valence-corrected chi connectivity index (χ4v) is 4.07. The molecule has 35 heavy (non-hydrogen) atoms. The van der Waals surface area contributed by atoms with E-state index in [-0.39, 0.29) is 25.4 Å². The molecule has 9 nitrogen and oxygen atoms in total. The Labute approximate surface area is 200 Å². The van der Waals surface area contributed by atoms with Crippen molar-refractivity contribution < 1.29 is 18.7 Å². The van der Waals surface area contributed by atoms with Crippen LogP contribution in [-0.2, 0) is 16.1 Å². The molecule has 0 aliphatic carbocycles. The maximum atomic E-state index is 13.5. The zero-order valence-corrected chi connectivity index (χ0v) is 19.2. The van der Waals surface area contributed by atoms with E-state index < -0.39 is 40.6 Å². The maximum absolute atomic E-state index is 13.5. The number of aromatic nitrogens is 3. The van der Waals surface area contributed by atoms with E-state index in [1.807, 2.05) is 0 Å². The van der Waals surface area contributed by atoms with Crippen LogP contribution >= 0.6 is 0 Å². The van der Waals surface area contributed by atoms with Crippen LogP contribution in [0.3, 0.4) is 0 Å². The molecule has 4 rings (SSSR count). The molecule has 3 aromatic rings. The number of carbonyl (C=O) groups is 2. The van der Waals surface area contributed by atoms with Crippen molar-refractivity contribution >= 4 is 11.9 Å². The summed E-state index contributed by atoms with van der Waals surface area (Å²) in [6.07, 6.45) is 1.13. The zero-order valence-electron chi connectivity index (χ0n) is 19.2. The third-order valence-corrected chi connectivity index (χ3v) is 5.85. The number of hydrogen-bond acceptors (Lipinski definition) is 6. The minimum absolute atomic E-state index is 0.0754. The number of carbonyl (C=O) groups excluding carboxylic acids is 2. The molecule has 1 fully saturated rings. The summed E-state index contributed by atoms with van der Waals surface area (Å²) in [5, 5.41) is 4.10. The number of benzene rings is 2. The van der Waals surface area contributed by atoms with E-state index in [4.69, 9.17) is 4.74 Å². The van der Waals surface area contributed by atoms with Gasteiger partial charge in [-0.15, -0.1) is 0 Å². The van der Waals surface area contributed by atoms with Gasteiger partial charge >= 0.3 is 11.7 Å². The third kappa shape index (κ3) is 5.21. The van der Waals surface area contributed by atoms with Crippen molar-refractivity contribution in [3.8, 4) is 5.69 Å². The van der Waals surface area contributed by atoms with Gasteiger partial charge in [-0.3, -0.25) is 19.0 Å². The molecular formula is C25H25FN4O5. The Morgan fingerprint density at radius 3 is 2.49 bits per heavy atom. The second kappa shape index (κ2) is 10.5. The standard InChI is InChI=1S/C25H25FN4O5/c1-2-35-24(33)18-9-6-14-28(16-18)22(31)21-23(32)29(15-17-7-4-3-5-8-17)25(34)30(27-21)20-12-10-19(26)11-13-20/h3-5,7-8,10-13,18H,2,6,9,14-16H2,1H3/t18-/m0/s1. The minimum atomic E-state index is -0.833. The molecule has 1 saturated heterocycles. The maximum Gasteiger partial charge on any atom is 0.352 e. The average molecular weight is 480 g/mol. The van der Waals surface area contributed by atoms with Gasteiger partial charge in [0, 0.05) is 13.1 Å². The van der Waals surface area contributed by atoms with Gasteiger partial charge in [0.2, 0.25) is 5.69 Å². The smallest absolute Gasteiger partial charge is 0.352 e. The van der Waals surface area contributed by atoms with Gasteiger partial charge in [0.25, 0.3) is 11.5 Å². The van der Waals surface area contributed by atoms with Gasteiger partial charge in [-0.05, 0) is 49.6 Å². The molecule has 182 valence electrons. The molecule has 1 aliphatic rings. The quantitative estimate of drug-likeness (QED) is 0.500. The lowest BCUT2D eigenvalue weighted by Crippen LogP contribution is -2.49. The van der Waals surface area contributed by atoms with Crippen LogP contribution in [0.25, 0.3) is 5.69 Å². The second-order valence-electron chi connectivity index (χ2n) is 8.24. The van der Waals surface area contributed by atoms with Crippen molar-refractivity contribution in [2.24, 2.45) is 5.92 Å². The van der Waals surface area contributed by atoms with Gasteiger partial charge in [-0.2, -0.15) is 9.78 Å². The Bertz CT molecular complexity index is 1330. The van der Waals surface area contributed by atoms with Crippen LogP contribution in [0.5, 0.6) is 0 Å². The van der Waals surface area contributed by atoms with Crippen molar-refractivity contribution in [1.82, 2.24) is 19.2 Å². The van der Waals surface area contributed by atoms with E-state index in [9.17, 15) is 23.6 Å². The van der Waals surface area contributed by atoms with Gasteiger partial charge in [-0.1, -0.05) is 30.3 Å². The lowest BCUT2D eigenvalue weighted by Gasteiger charge is -2.31. The predicted octanol–water partition coefficient (Wildman–Crippen LogP) is 2.00. The Hall–Kier alpha value is -4.08. The molecule has 10 heteroatoms. The predicted molar refractivity (Wildman–Crippen MR) is 125 cm³/mol. The number of hydrogen-bond donors (Lipinski definition) is 0. The number of nitrogens with zero attached hydrogens (tertiary/aromatic N) is 4. The first-order valence-electron chi connectivity index (χ1n) is 11.4. The molecule has 0 N–H and O–H groups in total. The number of rotatable bonds is 6. The highest BCUT2D eigenvalue weighted by atomic mass is 19.1. The third-order valence-electron chi connectivity index (χ3n) is 5.85. The van der Waals surface area contributed by atoms with Gasteiger partial charge in [-0.25, -0.2) is 9.18 Å². The van der Waals surface area contributed by atoms with Crippen LogP contribution in [0.2, 0.25) is 0 Å². The van der Waals surface area contributed by atoms with Crippen LogP contribution in [0, 0.1) is 11.7 Å². The second-order valence-corrected chi connectivity index (χ2v) is 8.24. The summed E-state index contributed by atoms with van der Waals surface area (Å²) in [6.45, 7) is 2.30. The fourth-order valence-electron chi connectivity index (χ4n) is 4.07. The van der Waals surface area contributed by atoms with E-state index in [2.05, 4.69) is 5.10 Å². The monoisotopic (exact) mass is 480 g/mol. The molecule has 1 atom stereocenters. The van der Waals surface area contributed by atoms with E-state index in [0.717, 1.165) is 21.4 Å². The Morgan fingerprint density at radius 1 is 1.09 bits per heavy atom. The van der Waals surface area contributed by atoms with Crippen molar-refractivity contribution in [2.75, 3.05) is 19.7 Å². The Kier molecular flexibility index (Phi) is 7.19. The van der Waals surface area contributed by atoms with Crippen LogP contribution in [0.15, 0.2) is 64.2 Å². The molecule has 1 amide bonds. The highest BCUT2D eigenvalue weighted by Gasteiger charge is 2.32. The number of piperidine rings is 1. The zero-order chi connectivity index (χ0) is 24.9. The molecule has 1 aliphatic heterocycles. The van der Waals surface area contributed by atoms with Crippen LogP contribution in [0.4, 0.5) is 4.39 Å². The largest absolute Gasteiger partial charge is 0.466 e. The molecular weight excluding hydrogens is 455 g/mol. The highest BCUT2D eigenvalue weighted by Crippen LogP contribution is 2.19. The average Bonchev–Trinajstić information content (AvgIpc) is 2.88. The fraction of sp³-hybridized carbons (Fsp3) is 0.320. The Balaban J connectivity index is 1.77. The first-order valence-corrected chi connectivity index (χ1v) is 11.4. The lowest BCUT2D eigenvalue weighted by atomic mass is 9.98. The summed E-state index contributed by atoms with van der Waals surface area (Å²) in [5.41, 5.74) is -1.16. The Morgan fingerprint density at radius 2 is 1.80 bits per heavy atom. The first kappa shape index (κ1) is 24.1. The molecule has 0 bridgehead atoms. The minimum Gasteiger partial charge on any atom is -0.466 e. The van der Waals surface area contributed by atoms with Gasteiger partial charge in [0.05, 0.1) is 24.8 Å². The molecule has 0 spiro atoms. The normalized spacial score (nSPS) is 15.6. The van der Waals surface area contributed by atoms with E-state index in [0.29, 0.717) is 24.9 Å². The number of halogens is 1. The van der Waals surface area contributed by atoms with Crippen LogP contribution in [0.1, 0.15) is 35.8 Å². The molecule has 2 heterocycles. The molecule has 0 radical (unpaired) electrons. The summed E-state index contributed by atoms with van der Waals surface area (Å²) in [5.74, 6) is -2.08. The topological polar surface area (TPSA) is 104 Å². The van der Waals surface area contributed by atoms with Gasteiger partial charge < -0.3 is 9.64 Å². The van der Waals surface area contributed by atoms with Crippen molar-refractivity contribution in [2.45, 2.75) is 26.3 Å². The number of amides is 1. The summed E-state index contributed by atoms with van der Waals surface area (Å²) in [4.78, 5) is 53.6. The number of esters is 1. The number of likely N-dealkylation sites (tertiary alicyclic amines) is 1. The molecule has 0 unspecified atom stereocenters. The van der Waals surface area contributed by atoms with E-state index >= 15 is 0 Å². The SMILES string of the molecule is CCOC(=O)[C@H]1CCCN(C(=O)c2nn(-c3ccc(F)cc3)c(=O)n(Cc3ccccc3)c2=O)C1. The number of ether oxygens (including phenoxy) is 1. The van der Waals surface area contributed by atoms with E-state index in [1.54, 1.807) is 37.3 Å². The van der Waals surface area contributed by atoms with Crippen LogP contribution in [-0.4, -0.2) is 50.8 Å². The van der Waals surface area contributed by atoms with Crippen LogP contribution < -0.4 is 11.2 Å². The van der Waals surface area contributed by atoms with Gasteiger partial charge in [0.15, 0.2) is 0 Å². The van der Waals surface area contributed by atoms with E-state index in [1.165, 1.54) is 17.0 Å². The summed E-state index contributed by atoms with van der Waals surface area (Å²) >= 11 is 0. The van der Waals surface area contributed by atoms with Gasteiger partial charge in [0.1, 0.15) is 5.82 Å². The molecule has 1 aromatic heterocycles. The summed E-state index contributed by atoms with van der Waals surface area (Å²) in [7, 11) is 0. The molecule has 2 aromatic carbocycles. The molecule has 0 saturated carbocycles. The summed E-state index contributed by atoms with van der Waals surface area (Å²) < 4.78 is 20.4. The first-order chi connectivity index (χ1) is 16.9. The van der Waals surface area contributed by atoms with Crippen molar-refractivity contribution in [3.63, 3.8) is 0 Å².